The van der Waals surface area contributed by atoms with Gasteiger partial charge in [-0.3, -0.25) is 4.79 Å². The molecule has 1 saturated carbocycles. The SMILES string of the molecule is CCOC(=O)CCC[C@H]1CC[C@H](N(C)C(=O)OC(C)(C)C)CC1. The van der Waals surface area contributed by atoms with E-state index >= 15 is 0 Å². The Labute approximate surface area is 140 Å². The van der Waals surface area contributed by atoms with Crippen molar-refractivity contribution in [2.45, 2.75) is 84.3 Å². The maximum Gasteiger partial charge on any atom is 0.410 e. The normalized spacial score (nSPS) is 21.6. The molecule has 1 rings (SSSR count). The second-order valence-corrected chi connectivity index (χ2v) is 7.46. The number of rotatable bonds is 6. The van der Waals surface area contributed by atoms with Crippen molar-refractivity contribution < 1.29 is 19.1 Å². The van der Waals surface area contributed by atoms with Crippen LogP contribution in [-0.4, -0.2) is 42.3 Å². The zero-order valence-electron chi connectivity index (χ0n) is 15.4. The van der Waals surface area contributed by atoms with Gasteiger partial charge in [0, 0.05) is 19.5 Å². The van der Waals surface area contributed by atoms with Gasteiger partial charge in [0.25, 0.3) is 0 Å². The summed E-state index contributed by atoms with van der Waals surface area (Å²) in [6.45, 7) is 7.96. The van der Waals surface area contributed by atoms with E-state index in [1.807, 2.05) is 34.7 Å². The number of carbonyl (C=O) groups excluding carboxylic acids is 2. The number of nitrogens with zero attached hydrogens (tertiary/aromatic N) is 1. The van der Waals surface area contributed by atoms with Crippen molar-refractivity contribution in [3.63, 3.8) is 0 Å². The van der Waals surface area contributed by atoms with Crippen molar-refractivity contribution in [2.24, 2.45) is 5.92 Å². The lowest BCUT2D eigenvalue weighted by Crippen LogP contribution is -2.42. The molecule has 0 unspecified atom stereocenters. The van der Waals surface area contributed by atoms with E-state index in [-0.39, 0.29) is 18.1 Å². The van der Waals surface area contributed by atoms with Crippen LogP contribution in [0.15, 0.2) is 0 Å². The number of amides is 1. The van der Waals surface area contributed by atoms with Crippen molar-refractivity contribution in [1.29, 1.82) is 0 Å². The molecule has 1 aliphatic rings. The predicted molar refractivity (Wildman–Crippen MR) is 90.2 cm³/mol. The summed E-state index contributed by atoms with van der Waals surface area (Å²) in [5.41, 5.74) is -0.449. The first kappa shape index (κ1) is 19.8. The Morgan fingerprint density at radius 2 is 1.74 bits per heavy atom. The molecule has 5 nitrogen and oxygen atoms in total. The van der Waals surface area contributed by atoms with Gasteiger partial charge in [0.1, 0.15) is 5.60 Å². The minimum Gasteiger partial charge on any atom is -0.466 e. The molecule has 0 aromatic carbocycles. The molecule has 1 aliphatic carbocycles. The highest BCUT2D eigenvalue weighted by Crippen LogP contribution is 2.31. The lowest BCUT2D eigenvalue weighted by Gasteiger charge is -2.35. The molecule has 134 valence electrons. The van der Waals surface area contributed by atoms with Gasteiger partial charge in [0.05, 0.1) is 6.61 Å². The van der Waals surface area contributed by atoms with Crippen LogP contribution in [0.5, 0.6) is 0 Å². The number of carbonyl (C=O) groups is 2. The Balaban J connectivity index is 2.27. The number of hydrogen-bond acceptors (Lipinski definition) is 4. The summed E-state index contributed by atoms with van der Waals surface area (Å²) in [6.07, 6.45) is 6.51. The maximum absolute atomic E-state index is 12.1. The van der Waals surface area contributed by atoms with Crippen LogP contribution in [-0.2, 0) is 14.3 Å². The third kappa shape index (κ3) is 7.71. The van der Waals surface area contributed by atoms with Gasteiger partial charge in [-0.15, -0.1) is 0 Å². The molecule has 0 spiro atoms. The highest BCUT2D eigenvalue weighted by atomic mass is 16.6. The molecule has 0 radical (unpaired) electrons. The molecule has 23 heavy (non-hydrogen) atoms. The predicted octanol–water partition coefficient (Wildman–Crippen LogP) is 4.15. The van der Waals surface area contributed by atoms with Crippen molar-refractivity contribution in [3.8, 4) is 0 Å². The summed E-state index contributed by atoms with van der Waals surface area (Å²) < 4.78 is 10.4. The topological polar surface area (TPSA) is 55.8 Å². The quantitative estimate of drug-likeness (QED) is 0.688. The summed E-state index contributed by atoms with van der Waals surface area (Å²) in [6, 6.07) is 0.270. The zero-order valence-corrected chi connectivity index (χ0v) is 15.4. The summed E-state index contributed by atoms with van der Waals surface area (Å²) in [5.74, 6) is 0.568. The summed E-state index contributed by atoms with van der Waals surface area (Å²) in [5, 5.41) is 0. The molecule has 0 heterocycles. The number of hydrogen-bond donors (Lipinski definition) is 0. The Morgan fingerprint density at radius 1 is 1.13 bits per heavy atom. The molecule has 1 fully saturated rings. The molecule has 0 atom stereocenters. The van der Waals surface area contributed by atoms with Crippen LogP contribution in [0.3, 0.4) is 0 Å². The first-order valence-corrected chi connectivity index (χ1v) is 8.84. The molecule has 0 aromatic heterocycles. The minimum absolute atomic E-state index is 0.0918. The molecule has 1 amide bonds. The van der Waals surface area contributed by atoms with Crippen LogP contribution in [0.4, 0.5) is 4.79 Å². The Kier molecular flexibility index (Phi) is 7.86. The standard InChI is InChI=1S/C18H33NO4/c1-6-22-16(20)9-7-8-14-10-12-15(13-11-14)19(5)17(21)23-18(2,3)4/h14-15H,6-13H2,1-5H3/t14-,15-. The van der Waals surface area contributed by atoms with E-state index in [0.29, 0.717) is 18.9 Å². The number of esters is 1. The molecule has 5 heteroatoms. The Morgan fingerprint density at radius 3 is 2.26 bits per heavy atom. The molecule has 0 saturated heterocycles. The van der Waals surface area contributed by atoms with Gasteiger partial charge in [-0.1, -0.05) is 0 Å². The Hall–Kier alpha value is -1.26. The third-order valence-electron chi connectivity index (χ3n) is 4.34. The Bertz CT molecular complexity index is 381. The summed E-state index contributed by atoms with van der Waals surface area (Å²) in [7, 11) is 1.83. The fourth-order valence-electron chi connectivity index (χ4n) is 3.07. The van der Waals surface area contributed by atoms with Crippen molar-refractivity contribution in [1.82, 2.24) is 4.90 Å². The molecule has 0 bridgehead atoms. The fourth-order valence-corrected chi connectivity index (χ4v) is 3.07. The third-order valence-corrected chi connectivity index (χ3v) is 4.34. The highest BCUT2D eigenvalue weighted by Gasteiger charge is 2.29. The van der Waals surface area contributed by atoms with Gasteiger partial charge < -0.3 is 14.4 Å². The van der Waals surface area contributed by atoms with Gasteiger partial charge in [-0.2, -0.15) is 0 Å². The van der Waals surface area contributed by atoms with E-state index in [2.05, 4.69) is 0 Å². The first-order chi connectivity index (χ1) is 10.7. The van der Waals surface area contributed by atoms with E-state index < -0.39 is 5.60 Å². The van der Waals surface area contributed by atoms with Gasteiger partial charge in [0.15, 0.2) is 0 Å². The summed E-state index contributed by atoms with van der Waals surface area (Å²) in [4.78, 5) is 25.2. The average Bonchev–Trinajstić information content (AvgIpc) is 2.46. The van der Waals surface area contributed by atoms with Gasteiger partial charge in [-0.25, -0.2) is 4.79 Å². The van der Waals surface area contributed by atoms with Crippen molar-refractivity contribution in [2.75, 3.05) is 13.7 Å². The van der Waals surface area contributed by atoms with Gasteiger partial charge >= 0.3 is 12.1 Å². The second kappa shape index (κ2) is 9.14. The summed E-state index contributed by atoms with van der Waals surface area (Å²) >= 11 is 0. The lowest BCUT2D eigenvalue weighted by atomic mass is 9.83. The zero-order chi connectivity index (χ0) is 17.5. The van der Waals surface area contributed by atoms with Crippen LogP contribution in [0, 0.1) is 5.92 Å². The molecule has 0 aliphatic heterocycles. The molecular weight excluding hydrogens is 294 g/mol. The second-order valence-electron chi connectivity index (χ2n) is 7.46. The van der Waals surface area contributed by atoms with E-state index in [1.165, 1.54) is 0 Å². The molecule has 0 N–H and O–H groups in total. The van der Waals surface area contributed by atoms with E-state index in [4.69, 9.17) is 9.47 Å². The first-order valence-electron chi connectivity index (χ1n) is 8.84. The van der Waals surface area contributed by atoms with Crippen LogP contribution < -0.4 is 0 Å². The monoisotopic (exact) mass is 327 g/mol. The van der Waals surface area contributed by atoms with Crippen molar-refractivity contribution >= 4 is 12.1 Å². The number of ether oxygens (including phenoxy) is 2. The van der Waals surface area contributed by atoms with E-state index in [0.717, 1.165) is 38.5 Å². The van der Waals surface area contributed by atoms with Crippen LogP contribution in [0.2, 0.25) is 0 Å². The van der Waals surface area contributed by atoms with E-state index in [1.54, 1.807) is 4.90 Å². The van der Waals surface area contributed by atoms with Gasteiger partial charge in [-0.05, 0) is 72.1 Å². The van der Waals surface area contributed by atoms with Crippen molar-refractivity contribution in [3.05, 3.63) is 0 Å². The smallest absolute Gasteiger partial charge is 0.410 e. The minimum atomic E-state index is -0.449. The largest absolute Gasteiger partial charge is 0.466 e. The van der Waals surface area contributed by atoms with Gasteiger partial charge in [0.2, 0.25) is 0 Å². The molecule has 0 aromatic rings. The fraction of sp³-hybridized carbons (Fsp3) is 0.889. The highest BCUT2D eigenvalue weighted by molar-refractivity contribution is 5.69. The van der Waals surface area contributed by atoms with Crippen LogP contribution in [0.1, 0.15) is 72.6 Å². The molecular formula is C18H33NO4. The average molecular weight is 327 g/mol. The van der Waals surface area contributed by atoms with Crippen LogP contribution in [0.25, 0.3) is 0 Å². The van der Waals surface area contributed by atoms with Crippen LogP contribution >= 0.6 is 0 Å². The maximum atomic E-state index is 12.1. The lowest BCUT2D eigenvalue weighted by molar-refractivity contribution is -0.143. The van der Waals surface area contributed by atoms with E-state index in [9.17, 15) is 9.59 Å².